The lowest BCUT2D eigenvalue weighted by Crippen LogP contribution is -2.16. The second kappa shape index (κ2) is 8.53. The molecule has 0 aliphatic heterocycles. The van der Waals surface area contributed by atoms with Crippen molar-refractivity contribution < 1.29 is 14.6 Å². The van der Waals surface area contributed by atoms with E-state index >= 15 is 0 Å². The third-order valence-electron chi connectivity index (χ3n) is 2.49. The van der Waals surface area contributed by atoms with Crippen molar-refractivity contribution in [2.45, 2.75) is 32.7 Å². The van der Waals surface area contributed by atoms with E-state index in [0.29, 0.717) is 19.5 Å². The first-order valence-corrected chi connectivity index (χ1v) is 6.37. The molecule has 2 N–H and O–H groups in total. The molecule has 1 aromatic rings. The third kappa shape index (κ3) is 5.68. The minimum absolute atomic E-state index is 0.209. The summed E-state index contributed by atoms with van der Waals surface area (Å²) in [4.78, 5) is 10.4. The van der Waals surface area contributed by atoms with Gasteiger partial charge in [-0.15, -0.1) is 0 Å². The van der Waals surface area contributed by atoms with E-state index in [4.69, 9.17) is 9.84 Å². The molecule has 0 aliphatic carbocycles. The highest BCUT2D eigenvalue weighted by Crippen LogP contribution is 2.17. The first-order valence-electron chi connectivity index (χ1n) is 6.37. The van der Waals surface area contributed by atoms with E-state index < -0.39 is 5.97 Å². The predicted octanol–water partition coefficient (Wildman–Crippen LogP) is 2.43. The van der Waals surface area contributed by atoms with Crippen molar-refractivity contribution in [3.05, 3.63) is 29.8 Å². The van der Waals surface area contributed by atoms with Crippen molar-refractivity contribution in [3.63, 3.8) is 0 Å². The number of hydrogen-bond acceptors (Lipinski definition) is 3. The van der Waals surface area contributed by atoms with Gasteiger partial charge >= 0.3 is 5.97 Å². The van der Waals surface area contributed by atoms with E-state index in [-0.39, 0.29) is 6.42 Å². The SMILES string of the molecule is CCCOc1ccccc1CNCCCC(=O)O. The van der Waals surface area contributed by atoms with Crippen LogP contribution < -0.4 is 10.1 Å². The van der Waals surface area contributed by atoms with E-state index in [1.165, 1.54) is 0 Å². The zero-order valence-electron chi connectivity index (χ0n) is 10.8. The summed E-state index contributed by atoms with van der Waals surface area (Å²) in [6.45, 7) is 4.21. The molecule has 0 spiro atoms. The summed E-state index contributed by atoms with van der Waals surface area (Å²) in [7, 11) is 0. The van der Waals surface area contributed by atoms with E-state index in [2.05, 4.69) is 12.2 Å². The molecule has 100 valence electrons. The topological polar surface area (TPSA) is 58.6 Å². The number of nitrogens with one attached hydrogen (secondary N) is 1. The Morgan fingerprint density at radius 3 is 2.89 bits per heavy atom. The Kier molecular flexibility index (Phi) is 6.87. The summed E-state index contributed by atoms with van der Waals surface area (Å²) in [6, 6.07) is 7.92. The highest BCUT2D eigenvalue weighted by molar-refractivity contribution is 5.66. The highest BCUT2D eigenvalue weighted by atomic mass is 16.5. The lowest BCUT2D eigenvalue weighted by molar-refractivity contribution is -0.137. The molecule has 0 amide bonds. The number of carbonyl (C=O) groups is 1. The average molecular weight is 251 g/mol. The number of carboxylic acid groups (broad SMARTS) is 1. The van der Waals surface area contributed by atoms with Crippen molar-refractivity contribution in [2.24, 2.45) is 0 Å². The minimum atomic E-state index is -0.747. The van der Waals surface area contributed by atoms with Crippen LogP contribution in [0.2, 0.25) is 0 Å². The van der Waals surface area contributed by atoms with Crippen molar-refractivity contribution in [3.8, 4) is 5.75 Å². The Balaban J connectivity index is 2.34. The van der Waals surface area contributed by atoms with Crippen LogP contribution in [0.15, 0.2) is 24.3 Å². The van der Waals surface area contributed by atoms with E-state index in [1.807, 2.05) is 24.3 Å². The molecule has 0 saturated carbocycles. The molecule has 0 unspecified atom stereocenters. The van der Waals surface area contributed by atoms with Gasteiger partial charge in [-0.1, -0.05) is 25.1 Å². The van der Waals surface area contributed by atoms with Crippen molar-refractivity contribution in [1.82, 2.24) is 5.32 Å². The molecular weight excluding hydrogens is 230 g/mol. The van der Waals surface area contributed by atoms with Crippen LogP contribution in [-0.2, 0) is 11.3 Å². The molecule has 4 nitrogen and oxygen atoms in total. The lowest BCUT2D eigenvalue weighted by Gasteiger charge is -2.11. The van der Waals surface area contributed by atoms with Crippen LogP contribution in [-0.4, -0.2) is 24.2 Å². The Bertz CT molecular complexity index is 366. The Morgan fingerprint density at radius 1 is 1.39 bits per heavy atom. The Hall–Kier alpha value is -1.55. The van der Waals surface area contributed by atoms with Gasteiger partial charge in [0.2, 0.25) is 0 Å². The zero-order valence-corrected chi connectivity index (χ0v) is 10.8. The van der Waals surface area contributed by atoms with Crippen molar-refractivity contribution in [2.75, 3.05) is 13.2 Å². The van der Waals surface area contributed by atoms with Crippen molar-refractivity contribution in [1.29, 1.82) is 0 Å². The van der Waals surface area contributed by atoms with Crippen LogP contribution >= 0.6 is 0 Å². The quantitative estimate of drug-likeness (QED) is 0.662. The normalized spacial score (nSPS) is 10.3. The fourth-order valence-corrected chi connectivity index (χ4v) is 1.59. The maximum Gasteiger partial charge on any atom is 0.303 e. The molecule has 0 aromatic heterocycles. The van der Waals surface area contributed by atoms with Crippen LogP contribution in [0.1, 0.15) is 31.7 Å². The molecular formula is C14H21NO3. The van der Waals surface area contributed by atoms with E-state index in [1.54, 1.807) is 0 Å². The summed E-state index contributed by atoms with van der Waals surface area (Å²) in [5.74, 6) is 0.161. The third-order valence-corrected chi connectivity index (χ3v) is 2.49. The van der Waals surface area contributed by atoms with Gasteiger partial charge in [-0.25, -0.2) is 0 Å². The maximum atomic E-state index is 10.4. The molecule has 1 aromatic carbocycles. The van der Waals surface area contributed by atoms with Gasteiger partial charge in [0, 0.05) is 18.5 Å². The van der Waals surface area contributed by atoms with Gasteiger partial charge in [-0.2, -0.15) is 0 Å². The van der Waals surface area contributed by atoms with Gasteiger partial charge in [0.25, 0.3) is 0 Å². The number of ether oxygens (including phenoxy) is 1. The first kappa shape index (κ1) is 14.5. The molecule has 0 radical (unpaired) electrons. The molecule has 0 heterocycles. The summed E-state index contributed by atoms with van der Waals surface area (Å²) in [5, 5.41) is 11.8. The van der Waals surface area contributed by atoms with Gasteiger partial charge < -0.3 is 15.2 Å². The van der Waals surface area contributed by atoms with Crippen LogP contribution in [0.4, 0.5) is 0 Å². The predicted molar refractivity (Wildman–Crippen MR) is 70.8 cm³/mol. The van der Waals surface area contributed by atoms with Crippen molar-refractivity contribution >= 4 is 5.97 Å². The summed E-state index contributed by atoms with van der Waals surface area (Å²) >= 11 is 0. The molecule has 0 atom stereocenters. The van der Waals surface area contributed by atoms with Gasteiger partial charge in [0.05, 0.1) is 6.61 Å². The average Bonchev–Trinajstić information content (AvgIpc) is 2.36. The molecule has 0 saturated heterocycles. The largest absolute Gasteiger partial charge is 0.493 e. The van der Waals surface area contributed by atoms with Gasteiger partial charge in [-0.05, 0) is 25.5 Å². The zero-order chi connectivity index (χ0) is 13.2. The molecule has 0 bridgehead atoms. The summed E-state index contributed by atoms with van der Waals surface area (Å²) < 4.78 is 5.65. The monoisotopic (exact) mass is 251 g/mol. The number of hydrogen-bond donors (Lipinski definition) is 2. The molecule has 0 aliphatic rings. The fraction of sp³-hybridized carbons (Fsp3) is 0.500. The van der Waals surface area contributed by atoms with E-state index in [0.717, 1.165) is 24.3 Å². The second-order valence-electron chi connectivity index (χ2n) is 4.13. The highest BCUT2D eigenvalue weighted by Gasteiger charge is 2.02. The fourth-order valence-electron chi connectivity index (χ4n) is 1.59. The number of rotatable bonds is 9. The Morgan fingerprint density at radius 2 is 2.17 bits per heavy atom. The van der Waals surface area contributed by atoms with Crippen LogP contribution in [0.25, 0.3) is 0 Å². The number of aliphatic carboxylic acids is 1. The van der Waals surface area contributed by atoms with E-state index in [9.17, 15) is 4.79 Å². The maximum absolute atomic E-state index is 10.4. The van der Waals surface area contributed by atoms with Gasteiger partial charge in [-0.3, -0.25) is 4.79 Å². The standard InChI is InChI=1S/C14H21NO3/c1-2-10-18-13-7-4-3-6-12(13)11-15-9-5-8-14(16)17/h3-4,6-7,15H,2,5,8-11H2,1H3,(H,16,17). The number of benzene rings is 1. The summed E-state index contributed by atoms with van der Waals surface area (Å²) in [6.07, 6.45) is 1.84. The second-order valence-corrected chi connectivity index (χ2v) is 4.13. The number of carboxylic acids is 1. The molecule has 4 heteroatoms. The molecule has 0 fully saturated rings. The van der Waals surface area contributed by atoms with Crippen LogP contribution in [0, 0.1) is 0 Å². The summed E-state index contributed by atoms with van der Waals surface area (Å²) in [5.41, 5.74) is 1.11. The Labute approximate surface area is 108 Å². The number of para-hydroxylation sites is 1. The minimum Gasteiger partial charge on any atom is -0.493 e. The lowest BCUT2D eigenvalue weighted by atomic mass is 10.2. The van der Waals surface area contributed by atoms with Gasteiger partial charge in [0.15, 0.2) is 0 Å². The molecule has 1 rings (SSSR count). The van der Waals surface area contributed by atoms with Crippen LogP contribution in [0.5, 0.6) is 5.75 Å². The van der Waals surface area contributed by atoms with Crippen LogP contribution in [0.3, 0.4) is 0 Å². The first-order chi connectivity index (χ1) is 8.74. The smallest absolute Gasteiger partial charge is 0.303 e. The van der Waals surface area contributed by atoms with Gasteiger partial charge in [0.1, 0.15) is 5.75 Å². The molecule has 18 heavy (non-hydrogen) atoms.